The van der Waals surface area contributed by atoms with Crippen molar-refractivity contribution in [1.29, 1.82) is 0 Å². The molecule has 4 rings (SSSR count). The molecular formula is C23H22FN3O4S. The second kappa shape index (κ2) is 9.54. The van der Waals surface area contributed by atoms with E-state index in [1.807, 2.05) is 25.1 Å². The number of benzene rings is 2. The molecular weight excluding hydrogens is 433 g/mol. The molecule has 0 saturated carbocycles. The van der Waals surface area contributed by atoms with Crippen molar-refractivity contribution in [2.24, 2.45) is 0 Å². The average molecular weight is 456 g/mol. The normalized spacial score (nSPS) is 17.9. The number of rotatable bonds is 5. The van der Waals surface area contributed by atoms with Crippen LogP contribution in [0.1, 0.15) is 11.1 Å². The van der Waals surface area contributed by atoms with Gasteiger partial charge in [0.15, 0.2) is 0 Å². The SMILES string of the molecule is Cc1cc(N2CCOCC2)ccc1/C=C1\SC(=O)N(CC(=O)Nc2ccccc2F)C1=O. The van der Waals surface area contributed by atoms with Crippen molar-refractivity contribution in [3.05, 3.63) is 64.3 Å². The number of amides is 3. The molecule has 2 aromatic rings. The lowest BCUT2D eigenvalue weighted by Crippen LogP contribution is -2.36. The van der Waals surface area contributed by atoms with E-state index in [2.05, 4.69) is 10.2 Å². The molecule has 2 aliphatic heterocycles. The van der Waals surface area contributed by atoms with Crippen molar-refractivity contribution in [3.8, 4) is 0 Å². The summed E-state index contributed by atoms with van der Waals surface area (Å²) in [5, 5.41) is 1.85. The van der Waals surface area contributed by atoms with E-state index in [0.717, 1.165) is 46.6 Å². The summed E-state index contributed by atoms with van der Waals surface area (Å²) in [4.78, 5) is 40.7. The van der Waals surface area contributed by atoms with Gasteiger partial charge in [-0.3, -0.25) is 19.3 Å². The molecule has 1 N–H and O–H groups in total. The van der Waals surface area contributed by atoms with Crippen LogP contribution in [0.4, 0.5) is 20.6 Å². The lowest BCUT2D eigenvalue weighted by molar-refractivity contribution is -0.127. The van der Waals surface area contributed by atoms with Crippen LogP contribution < -0.4 is 10.2 Å². The van der Waals surface area contributed by atoms with Crippen molar-refractivity contribution in [2.45, 2.75) is 6.92 Å². The molecule has 0 bridgehead atoms. The Morgan fingerprint density at radius 3 is 2.66 bits per heavy atom. The first-order chi connectivity index (χ1) is 15.4. The average Bonchev–Trinajstić information content (AvgIpc) is 3.04. The number of hydrogen-bond donors (Lipinski definition) is 1. The first-order valence-corrected chi connectivity index (χ1v) is 11.0. The number of anilines is 2. The van der Waals surface area contributed by atoms with E-state index in [9.17, 15) is 18.8 Å². The number of carbonyl (C=O) groups excluding carboxylic acids is 3. The maximum Gasteiger partial charge on any atom is 0.294 e. The van der Waals surface area contributed by atoms with Crippen molar-refractivity contribution in [3.63, 3.8) is 0 Å². The Kier molecular flexibility index (Phi) is 6.57. The fourth-order valence-electron chi connectivity index (χ4n) is 3.51. The van der Waals surface area contributed by atoms with Gasteiger partial charge in [0.2, 0.25) is 5.91 Å². The largest absolute Gasteiger partial charge is 0.378 e. The number of thioether (sulfide) groups is 1. The van der Waals surface area contributed by atoms with Gasteiger partial charge in [-0.1, -0.05) is 18.2 Å². The Bertz CT molecular complexity index is 1100. The van der Waals surface area contributed by atoms with Gasteiger partial charge in [0.25, 0.3) is 11.1 Å². The highest BCUT2D eigenvalue weighted by atomic mass is 32.2. The highest BCUT2D eigenvalue weighted by Crippen LogP contribution is 2.33. The van der Waals surface area contributed by atoms with Gasteiger partial charge in [0.1, 0.15) is 12.4 Å². The summed E-state index contributed by atoms with van der Waals surface area (Å²) in [7, 11) is 0. The van der Waals surface area contributed by atoms with Crippen LogP contribution >= 0.6 is 11.8 Å². The molecule has 166 valence electrons. The van der Waals surface area contributed by atoms with E-state index >= 15 is 0 Å². The van der Waals surface area contributed by atoms with Crippen molar-refractivity contribution in [2.75, 3.05) is 43.1 Å². The van der Waals surface area contributed by atoms with E-state index in [-0.39, 0.29) is 10.6 Å². The van der Waals surface area contributed by atoms with E-state index < -0.39 is 29.4 Å². The van der Waals surface area contributed by atoms with E-state index in [1.54, 1.807) is 12.1 Å². The summed E-state index contributed by atoms with van der Waals surface area (Å²) in [6.45, 7) is 4.50. The number of carbonyl (C=O) groups is 3. The Balaban J connectivity index is 1.45. The zero-order chi connectivity index (χ0) is 22.7. The number of halogens is 1. The van der Waals surface area contributed by atoms with Gasteiger partial charge in [0.05, 0.1) is 23.8 Å². The third-order valence-electron chi connectivity index (χ3n) is 5.24. The Morgan fingerprint density at radius 1 is 1.19 bits per heavy atom. The molecule has 0 atom stereocenters. The van der Waals surface area contributed by atoms with Crippen LogP contribution in [0.2, 0.25) is 0 Å². The van der Waals surface area contributed by atoms with Crippen molar-refractivity contribution in [1.82, 2.24) is 4.90 Å². The molecule has 0 unspecified atom stereocenters. The molecule has 0 spiro atoms. The predicted molar refractivity (Wildman–Crippen MR) is 122 cm³/mol. The smallest absolute Gasteiger partial charge is 0.294 e. The number of morpholine rings is 1. The molecule has 2 aromatic carbocycles. The van der Waals surface area contributed by atoms with Crippen molar-refractivity contribution >= 4 is 46.3 Å². The molecule has 2 saturated heterocycles. The molecule has 0 radical (unpaired) electrons. The second-order valence-electron chi connectivity index (χ2n) is 7.44. The van der Waals surface area contributed by atoms with Crippen LogP contribution in [-0.2, 0) is 14.3 Å². The summed E-state index contributed by atoms with van der Waals surface area (Å²) in [6, 6.07) is 11.6. The summed E-state index contributed by atoms with van der Waals surface area (Å²) in [5.74, 6) is -1.78. The number of imide groups is 1. The van der Waals surface area contributed by atoms with Crippen LogP contribution in [0.25, 0.3) is 6.08 Å². The standard InChI is InChI=1S/C23H22FN3O4S/c1-15-12-17(26-8-10-31-11-9-26)7-6-16(15)13-20-22(29)27(23(30)32-20)14-21(28)25-19-5-3-2-4-18(19)24/h2-7,12-13H,8-11,14H2,1H3,(H,25,28)/b20-13-. The minimum atomic E-state index is -0.648. The van der Waals surface area contributed by atoms with Gasteiger partial charge < -0.3 is 15.0 Å². The Labute approximate surface area is 189 Å². The Hall–Kier alpha value is -3.17. The molecule has 2 fully saturated rings. The fraction of sp³-hybridized carbons (Fsp3) is 0.261. The van der Waals surface area contributed by atoms with E-state index in [0.29, 0.717) is 13.2 Å². The molecule has 3 amide bonds. The van der Waals surface area contributed by atoms with Crippen LogP contribution in [0.15, 0.2) is 47.4 Å². The fourth-order valence-corrected chi connectivity index (χ4v) is 4.34. The van der Waals surface area contributed by atoms with Gasteiger partial charge >= 0.3 is 0 Å². The molecule has 7 nitrogen and oxygen atoms in total. The molecule has 2 aliphatic rings. The second-order valence-corrected chi connectivity index (χ2v) is 8.43. The van der Waals surface area contributed by atoms with Gasteiger partial charge in [-0.05, 0) is 60.2 Å². The first-order valence-electron chi connectivity index (χ1n) is 10.2. The lowest BCUT2D eigenvalue weighted by atomic mass is 10.1. The van der Waals surface area contributed by atoms with Crippen LogP contribution in [0.3, 0.4) is 0 Å². The molecule has 2 heterocycles. The number of para-hydroxylation sites is 1. The Morgan fingerprint density at radius 2 is 1.94 bits per heavy atom. The topological polar surface area (TPSA) is 79.0 Å². The van der Waals surface area contributed by atoms with Gasteiger partial charge in [-0.15, -0.1) is 0 Å². The predicted octanol–water partition coefficient (Wildman–Crippen LogP) is 3.65. The summed E-state index contributed by atoms with van der Waals surface area (Å²) < 4.78 is 19.1. The van der Waals surface area contributed by atoms with E-state index in [1.165, 1.54) is 18.2 Å². The summed E-state index contributed by atoms with van der Waals surface area (Å²) >= 11 is 0.787. The lowest BCUT2D eigenvalue weighted by Gasteiger charge is -2.29. The molecule has 0 aromatic heterocycles. The van der Waals surface area contributed by atoms with Crippen LogP contribution in [0, 0.1) is 12.7 Å². The zero-order valence-corrected chi connectivity index (χ0v) is 18.3. The molecule has 9 heteroatoms. The third-order valence-corrected chi connectivity index (χ3v) is 6.15. The minimum absolute atomic E-state index is 0.00371. The maximum absolute atomic E-state index is 13.7. The van der Waals surface area contributed by atoms with Crippen LogP contribution in [-0.4, -0.2) is 54.8 Å². The molecule has 32 heavy (non-hydrogen) atoms. The highest BCUT2D eigenvalue weighted by Gasteiger charge is 2.36. The van der Waals surface area contributed by atoms with Gasteiger partial charge in [-0.25, -0.2) is 4.39 Å². The number of aryl methyl sites for hydroxylation is 1. The highest BCUT2D eigenvalue weighted by molar-refractivity contribution is 8.18. The number of nitrogens with one attached hydrogen (secondary N) is 1. The monoisotopic (exact) mass is 455 g/mol. The summed E-state index contributed by atoms with van der Waals surface area (Å²) in [5.41, 5.74) is 2.87. The zero-order valence-electron chi connectivity index (χ0n) is 17.5. The number of hydrogen-bond acceptors (Lipinski definition) is 6. The van der Waals surface area contributed by atoms with Crippen molar-refractivity contribution < 1.29 is 23.5 Å². The number of nitrogens with zero attached hydrogens (tertiary/aromatic N) is 2. The minimum Gasteiger partial charge on any atom is -0.378 e. The third kappa shape index (κ3) is 4.84. The first kappa shape index (κ1) is 22.0. The van der Waals surface area contributed by atoms with Crippen LogP contribution in [0.5, 0.6) is 0 Å². The number of ether oxygens (including phenoxy) is 1. The van der Waals surface area contributed by atoms with E-state index in [4.69, 9.17) is 4.74 Å². The molecule has 0 aliphatic carbocycles. The maximum atomic E-state index is 13.7. The van der Waals surface area contributed by atoms with Gasteiger partial charge in [-0.2, -0.15) is 0 Å². The summed E-state index contributed by atoms with van der Waals surface area (Å²) in [6.07, 6.45) is 1.66. The van der Waals surface area contributed by atoms with Gasteiger partial charge in [0, 0.05) is 18.8 Å². The quantitative estimate of drug-likeness (QED) is 0.694.